The normalized spacial score (nSPS) is 21.0. The summed E-state index contributed by atoms with van der Waals surface area (Å²) < 4.78 is 5.70. The summed E-state index contributed by atoms with van der Waals surface area (Å²) in [5.41, 5.74) is 17.1. The highest BCUT2D eigenvalue weighted by Gasteiger charge is 2.40. The van der Waals surface area contributed by atoms with Gasteiger partial charge in [0, 0.05) is 13.0 Å². The zero-order valence-corrected chi connectivity index (χ0v) is 50.2. The van der Waals surface area contributed by atoms with E-state index in [4.69, 9.17) is 21.9 Å². The van der Waals surface area contributed by atoms with Gasteiger partial charge in [-0.3, -0.25) is 57.7 Å². The molecule has 15 atom stereocenters. The van der Waals surface area contributed by atoms with Crippen molar-refractivity contribution in [2.75, 3.05) is 26.8 Å². The van der Waals surface area contributed by atoms with Gasteiger partial charge in [0.2, 0.25) is 65.0 Å². The van der Waals surface area contributed by atoms with Crippen LogP contribution in [0.4, 0.5) is 0 Å². The van der Waals surface area contributed by atoms with E-state index in [0.29, 0.717) is 12.8 Å². The molecule has 0 spiro atoms. The summed E-state index contributed by atoms with van der Waals surface area (Å²) in [5, 5.41) is 48.5. The lowest BCUT2D eigenvalue weighted by atomic mass is 9.94. The van der Waals surface area contributed by atoms with Crippen LogP contribution in [0.1, 0.15) is 113 Å². The highest BCUT2D eigenvalue weighted by atomic mass is 16.5. The molecule has 1 fully saturated rings. The highest BCUT2D eigenvalue weighted by molar-refractivity contribution is 5.99. The van der Waals surface area contributed by atoms with E-state index in [1.807, 2.05) is 30.3 Å². The number of benzene rings is 1. The number of nitrogens with zero attached hydrogens (tertiary/aromatic N) is 1. The second kappa shape index (κ2) is 36.7. The molecule has 0 unspecified atom stereocenters. The van der Waals surface area contributed by atoms with Gasteiger partial charge in [0.15, 0.2) is 5.96 Å². The molecule has 1 aromatic rings. The van der Waals surface area contributed by atoms with Gasteiger partial charge in [-0.25, -0.2) is 4.79 Å². The number of hydrogen-bond acceptors (Lipinski definition) is 17. The quantitative estimate of drug-likeness (QED) is 0.0139. The number of carbonyl (C=O) groups excluding carboxylic acids is 12. The van der Waals surface area contributed by atoms with Gasteiger partial charge in [-0.15, -0.1) is 0 Å². The van der Waals surface area contributed by atoms with E-state index < -0.39 is 187 Å². The van der Waals surface area contributed by atoms with Gasteiger partial charge >= 0.3 is 5.97 Å². The molecule has 476 valence electrons. The van der Waals surface area contributed by atoms with Crippen molar-refractivity contribution >= 4 is 76.9 Å². The SMILES string of the molecule is CC[C@@H](C)[C@@H](NC(=O)[C@@H](CCC(N)=O)NC(=O)[C@H](CO)NC(=O)[C@H](C)NC(=O)[C@@H](Cc1ccccc1)NC)C(=O)N[C@H](C(=O)N[C@@H](CO)C(=O)N[C@H]1C(=O)N[C@@H](C)C(=O)N[C@@H](CCCN=C(N)N)C(=O)N[C@@H]([C@@H](C)CC)C(=O)O[C@H]1C)[C@@H](C)CC. The van der Waals surface area contributed by atoms with Crippen molar-refractivity contribution in [2.24, 2.45) is 39.9 Å². The molecular weight excluding hydrogens is 1110 g/mol. The fraction of sp³-hybridized carbons (Fsp3) is 0.655. The second-order valence-corrected chi connectivity index (χ2v) is 21.3. The van der Waals surface area contributed by atoms with Crippen LogP contribution in [-0.2, 0) is 68.7 Å². The summed E-state index contributed by atoms with van der Waals surface area (Å²) in [6.45, 7) is 12.0. The lowest BCUT2D eigenvalue weighted by Gasteiger charge is -2.31. The van der Waals surface area contributed by atoms with E-state index in [1.54, 1.807) is 48.6 Å². The molecule has 0 radical (unpaired) electrons. The van der Waals surface area contributed by atoms with Crippen molar-refractivity contribution in [1.82, 2.24) is 58.5 Å². The fourth-order valence-corrected chi connectivity index (χ4v) is 8.57. The Morgan fingerprint density at radius 2 is 1.16 bits per heavy atom. The standard InChI is InChI=1S/C55H91N15O15/c1-11-27(4)40(51(81)66-38(26-72)50(80)70-43-32(9)85-54(84)42(29(6)13-3)69-46(76)34(20-17-23-60-55(57)58)63-44(74)31(8)62-53(43)83)68-52(82)41(28(5)12-2)67-47(77)35(21-22-39(56)73)64-49(79)37(25-71)65-45(75)30(7)61-48(78)36(59-10)24-33-18-15-14-16-19-33/h14-16,18-19,27-32,34-38,40-43,59,71-72H,11-13,17,20-26H2,1-10H3,(H2,56,73)(H,61,78)(H,62,83)(H,63,74)(H,64,79)(H,65,75)(H,66,81)(H,67,77)(H,68,82)(H,69,76)(H,70,80)(H4,57,58,60)/t27-,28+,29-,30-,31-,32-,34-,35+,36+,37-,38-,40-,41+,42-,43+/m0/s1. The van der Waals surface area contributed by atoms with Crippen LogP contribution in [0.25, 0.3) is 0 Å². The summed E-state index contributed by atoms with van der Waals surface area (Å²) in [6, 6.07) is -6.45. The number of nitrogens with two attached hydrogens (primary N) is 3. The Hall–Kier alpha value is -7.99. The van der Waals surface area contributed by atoms with Gasteiger partial charge in [-0.1, -0.05) is 91.1 Å². The van der Waals surface area contributed by atoms with Crippen LogP contribution < -0.4 is 75.7 Å². The van der Waals surface area contributed by atoms with E-state index in [1.165, 1.54) is 20.8 Å². The molecule has 30 nitrogen and oxygen atoms in total. The number of primary amides is 1. The zero-order chi connectivity index (χ0) is 64.2. The van der Waals surface area contributed by atoms with Crippen LogP contribution >= 0.6 is 0 Å². The van der Waals surface area contributed by atoms with E-state index in [9.17, 15) is 67.7 Å². The predicted octanol–water partition coefficient (Wildman–Crippen LogP) is -4.91. The fourth-order valence-electron chi connectivity index (χ4n) is 8.57. The number of nitrogens with one attached hydrogen (secondary N) is 11. The topological polar surface area (TPSA) is 477 Å². The minimum absolute atomic E-state index is 0.0243. The van der Waals surface area contributed by atoms with Crippen LogP contribution in [0, 0.1) is 17.8 Å². The first-order chi connectivity index (χ1) is 40.1. The number of rotatable bonds is 32. The molecule has 0 aromatic heterocycles. The van der Waals surface area contributed by atoms with Crippen LogP contribution in [-0.4, -0.2) is 186 Å². The maximum atomic E-state index is 14.3. The predicted molar refractivity (Wildman–Crippen MR) is 310 cm³/mol. The number of aliphatic imine (C=N–C) groups is 1. The summed E-state index contributed by atoms with van der Waals surface area (Å²) in [6.07, 6.45) is -0.924. The number of ether oxygens (including phenoxy) is 1. The van der Waals surface area contributed by atoms with Gasteiger partial charge in [0.25, 0.3) is 0 Å². The molecule has 85 heavy (non-hydrogen) atoms. The average Bonchev–Trinajstić information content (AvgIpc) is 3.70. The van der Waals surface area contributed by atoms with Crippen LogP contribution in [0.15, 0.2) is 35.3 Å². The first-order valence-corrected chi connectivity index (χ1v) is 28.6. The first kappa shape index (κ1) is 73.1. The molecule has 19 N–H and O–H groups in total. The monoisotopic (exact) mass is 1200 g/mol. The summed E-state index contributed by atoms with van der Waals surface area (Å²) in [5.74, 6) is -13.1. The zero-order valence-electron chi connectivity index (χ0n) is 50.2. The maximum absolute atomic E-state index is 14.3. The first-order valence-electron chi connectivity index (χ1n) is 28.6. The maximum Gasteiger partial charge on any atom is 0.329 e. The highest BCUT2D eigenvalue weighted by Crippen LogP contribution is 2.17. The van der Waals surface area contributed by atoms with Gasteiger partial charge < -0.3 is 90.6 Å². The van der Waals surface area contributed by atoms with Gasteiger partial charge in [0.1, 0.15) is 66.5 Å². The van der Waals surface area contributed by atoms with Crippen molar-refractivity contribution in [2.45, 2.75) is 186 Å². The molecule has 0 bridgehead atoms. The number of aliphatic hydroxyl groups excluding tert-OH is 2. The Morgan fingerprint density at radius 1 is 0.635 bits per heavy atom. The Morgan fingerprint density at radius 3 is 1.71 bits per heavy atom. The second-order valence-electron chi connectivity index (χ2n) is 21.3. The van der Waals surface area contributed by atoms with E-state index in [2.05, 4.69) is 63.5 Å². The molecule has 1 heterocycles. The minimum atomic E-state index is -1.83. The Labute approximate surface area is 495 Å². The van der Waals surface area contributed by atoms with Crippen LogP contribution in [0.5, 0.6) is 0 Å². The van der Waals surface area contributed by atoms with Gasteiger partial charge in [0.05, 0.1) is 19.3 Å². The molecule has 11 amide bonds. The molecule has 1 aliphatic rings. The number of amides is 11. The van der Waals surface area contributed by atoms with Crippen LogP contribution in [0.3, 0.4) is 0 Å². The average molecular weight is 1200 g/mol. The Balaban J connectivity index is 2.36. The van der Waals surface area contributed by atoms with Crippen molar-refractivity contribution < 1.29 is 72.5 Å². The number of likely N-dealkylation sites (N-methyl/N-ethyl adjacent to an activating group) is 1. The smallest absolute Gasteiger partial charge is 0.329 e. The number of guanidine groups is 1. The number of aliphatic hydroxyl groups is 2. The van der Waals surface area contributed by atoms with Crippen molar-refractivity contribution in [1.29, 1.82) is 0 Å². The molecule has 0 saturated carbocycles. The molecule has 1 saturated heterocycles. The van der Waals surface area contributed by atoms with E-state index in [0.717, 1.165) is 5.56 Å². The lowest BCUT2D eigenvalue weighted by molar-refractivity contribution is -0.157. The third kappa shape index (κ3) is 23.9. The van der Waals surface area contributed by atoms with E-state index in [-0.39, 0.29) is 38.2 Å². The molecular formula is C55H91N15O15. The minimum Gasteiger partial charge on any atom is -0.458 e. The molecule has 2 rings (SSSR count). The number of hydrogen-bond donors (Lipinski definition) is 16. The van der Waals surface area contributed by atoms with E-state index >= 15 is 0 Å². The largest absolute Gasteiger partial charge is 0.458 e. The van der Waals surface area contributed by atoms with Crippen molar-refractivity contribution in [3.63, 3.8) is 0 Å². The third-order valence-electron chi connectivity index (χ3n) is 14.7. The molecule has 1 aliphatic heterocycles. The summed E-state index contributed by atoms with van der Waals surface area (Å²) in [4.78, 5) is 167. The van der Waals surface area contributed by atoms with Crippen molar-refractivity contribution in [3.8, 4) is 0 Å². The van der Waals surface area contributed by atoms with Gasteiger partial charge in [-0.05, 0) is 76.8 Å². The molecule has 30 heteroatoms. The summed E-state index contributed by atoms with van der Waals surface area (Å²) in [7, 11) is 1.57. The lowest BCUT2D eigenvalue weighted by Crippen LogP contribution is -2.63. The number of cyclic esters (lactones) is 1. The van der Waals surface area contributed by atoms with Crippen LogP contribution in [0.2, 0.25) is 0 Å². The summed E-state index contributed by atoms with van der Waals surface area (Å²) >= 11 is 0. The number of carbonyl (C=O) groups is 12. The molecule has 0 aliphatic carbocycles. The number of esters is 1. The molecule has 1 aromatic carbocycles. The van der Waals surface area contributed by atoms with Crippen molar-refractivity contribution in [3.05, 3.63) is 35.9 Å². The third-order valence-corrected chi connectivity index (χ3v) is 14.7. The Bertz CT molecular complexity index is 2480. The van der Waals surface area contributed by atoms with Gasteiger partial charge in [-0.2, -0.15) is 0 Å². The Kier molecular flexibility index (Phi) is 31.5.